The maximum atomic E-state index is 5.17. The number of methoxy groups -OCH3 is 1. The Labute approximate surface area is 163 Å². The largest absolute Gasteiger partial charge is 0.497 e. The van der Waals surface area contributed by atoms with Gasteiger partial charge in [0.2, 0.25) is 0 Å². The summed E-state index contributed by atoms with van der Waals surface area (Å²) in [4.78, 5) is 6.84. The average molecular weight is 446 g/mol. The Bertz CT molecular complexity index is 472. The molecule has 0 aliphatic carbocycles. The van der Waals surface area contributed by atoms with Crippen LogP contribution >= 0.6 is 24.0 Å². The highest BCUT2D eigenvalue weighted by Gasteiger charge is 2.09. The molecule has 1 aromatic carbocycles. The third-order valence-corrected chi connectivity index (χ3v) is 4.23. The Kier molecular flexibility index (Phi) is 10.8. The number of guanidine groups is 1. The molecule has 1 heterocycles. The van der Waals surface area contributed by atoms with Crippen molar-refractivity contribution in [3.05, 3.63) is 29.8 Å². The van der Waals surface area contributed by atoms with E-state index >= 15 is 0 Å². The molecule has 24 heavy (non-hydrogen) atoms. The molecule has 0 aromatic heterocycles. The van der Waals surface area contributed by atoms with E-state index in [1.807, 2.05) is 19.2 Å². The van der Waals surface area contributed by atoms with Gasteiger partial charge in [0, 0.05) is 20.1 Å². The van der Waals surface area contributed by atoms with Crippen molar-refractivity contribution in [2.75, 3.05) is 40.3 Å². The molecule has 0 radical (unpaired) electrons. The van der Waals surface area contributed by atoms with Crippen LogP contribution in [-0.2, 0) is 6.54 Å². The summed E-state index contributed by atoms with van der Waals surface area (Å²) in [6.45, 7) is 5.55. The van der Waals surface area contributed by atoms with Gasteiger partial charge in [-0.2, -0.15) is 0 Å². The van der Waals surface area contributed by atoms with Crippen molar-refractivity contribution in [3.8, 4) is 5.75 Å². The van der Waals surface area contributed by atoms with Crippen molar-refractivity contribution in [1.29, 1.82) is 0 Å². The number of nitrogens with zero attached hydrogens (tertiary/aromatic N) is 2. The number of halogens is 1. The van der Waals surface area contributed by atoms with E-state index in [4.69, 9.17) is 4.74 Å². The molecular formula is C18H31IN4O. The predicted molar refractivity (Wildman–Crippen MR) is 112 cm³/mol. The van der Waals surface area contributed by atoms with E-state index in [2.05, 4.69) is 32.7 Å². The van der Waals surface area contributed by atoms with E-state index in [0.717, 1.165) is 24.8 Å². The average Bonchev–Trinajstić information content (AvgIpc) is 3.11. The Morgan fingerprint density at radius 3 is 2.46 bits per heavy atom. The summed E-state index contributed by atoms with van der Waals surface area (Å²) in [6, 6.07) is 8.08. The van der Waals surface area contributed by atoms with E-state index in [1.165, 1.54) is 50.9 Å². The maximum absolute atomic E-state index is 5.17. The van der Waals surface area contributed by atoms with Gasteiger partial charge in [0.25, 0.3) is 0 Å². The van der Waals surface area contributed by atoms with Crippen LogP contribution < -0.4 is 15.4 Å². The van der Waals surface area contributed by atoms with Crippen molar-refractivity contribution in [2.45, 2.75) is 32.2 Å². The first kappa shape index (κ1) is 21.0. The Balaban J connectivity index is 0.00000288. The third kappa shape index (κ3) is 7.70. The van der Waals surface area contributed by atoms with Gasteiger partial charge in [0.15, 0.2) is 5.96 Å². The number of hydrogen-bond acceptors (Lipinski definition) is 3. The highest BCUT2D eigenvalue weighted by molar-refractivity contribution is 14.0. The van der Waals surface area contributed by atoms with Crippen molar-refractivity contribution < 1.29 is 4.74 Å². The first-order valence-corrected chi connectivity index (χ1v) is 8.61. The summed E-state index contributed by atoms with van der Waals surface area (Å²) in [5.74, 6) is 1.75. The first-order valence-electron chi connectivity index (χ1n) is 8.61. The zero-order valence-electron chi connectivity index (χ0n) is 14.9. The molecule has 2 rings (SSSR count). The van der Waals surface area contributed by atoms with Gasteiger partial charge in [0.05, 0.1) is 7.11 Å². The van der Waals surface area contributed by atoms with Gasteiger partial charge in [-0.15, -0.1) is 24.0 Å². The molecule has 0 atom stereocenters. The second-order valence-corrected chi connectivity index (χ2v) is 5.96. The van der Waals surface area contributed by atoms with Crippen LogP contribution in [0.5, 0.6) is 5.75 Å². The van der Waals surface area contributed by atoms with Gasteiger partial charge in [-0.1, -0.05) is 12.1 Å². The minimum absolute atomic E-state index is 0. The van der Waals surface area contributed by atoms with Crippen LogP contribution in [0.25, 0.3) is 0 Å². The van der Waals surface area contributed by atoms with Crippen LogP contribution in [-0.4, -0.2) is 51.2 Å². The van der Waals surface area contributed by atoms with Gasteiger partial charge in [-0.3, -0.25) is 4.99 Å². The molecule has 0 saturated carbocycles. The molecular weight excluding hydrogens is 415 g/mol. The number of nitrogens with one attached hydrogen (secondary N) is 2. The Morgan fingerprint density at radius 2 is 1.83 bits per heavy atom. The highest BCUT2D eigenvalue weighted by Crippen LogP contribution is 2.11. The zero-order valence-corrected chi connectivity index (χ0v) is 17.2. The fourth-order valence-corrected chi connectivity index (χ4v) is 2.82. The molecule has 0 spiro atoms. The molecule has 0 unspecified atom stereocenters. The highest BCUT2D eigenvalue weighted by atomic mass is 127. The van der Waals surface area contributed by atoms with Crippen molar-refractivity contribution in [1.82, 2.24) is 15.5 Å². The van der Waals surface area contributed by atoms with E-state index < -0.39 is 0 Å². The molecule has 2 N–H and O–H groups in total. The van der Waals surface area contributed by atoms with E-state index in [-0.39, 0.29) is 24.0 Å². The Hall–Kier alpha value is -1.02. The maximum Gasteiger partial charge on any atom is 0.191 e. The van der Waals surface area contributed by atoms with E-state index in [0.29, 0.717) is 0 Å². The number of unbranched alkanes of at least 4 members (excludes halogenated alkanes) is 1. The van der Waals surface area contributed by atoms with Crippen LogP contribution in [0.15, 0.2) is 29.3 Å². The monoisotopic (exact) mass is 446 g/mol. The van der Waals surface area contributed by atoms with Crippen LogP contribution in [0.3, 0.4) is 0 Å². The molecule has 1 aliphatic rings. The van der Waals surface area contributed by atoms with Gasteiger partial charge in [0.1, 0.15) is 5.75 Å². The fraction of sp³-hybridized carbons (Fsp3) is 0.611. The number of benzene rings is 1. The summed E-state index contributed by atoms with van der Waals surface area (Å²) in [5, 5.41) is 6.73. The molecule has 1 aliphatic heterocycles. The van der Waals surface area contributed by atoms with Gasteiger partial charge in [-0.05, 0) is 63.0 Å². The smallest absolute Gasteiger partial charge is 0.191 e. The van der Waals surface area contributed by atoms with Crippen molar-refractivity contribution in [3.63, 3.8) is 0 Å². The van der Waals surface area contributed by atoms with Crippen LogP contribution in [0.2, 0.25) is 0 Å². The molecule has 6 heteroatoms. The summed E-state index contributed by atoms with van der Waals surface area (Å²) in [5.41, 5.74) is 1.21. The summed E-state index contributed by atoms with van der Waals surface area (Å²) in [7, 11) is 3.50. The minimum atomic E-state index is 0. The molecule has 5 nitrogen and oxygen atoms in total. The zero-order chi connectivity index (χ0) is 16.3. The number of ether oxygens (including phenoxy) is 1. The molecule has 1 fully saturated rings. The second kappa shape index (κ2) is 12.4. The predicted octanol–water partition coefficient (Wildman–Crippen LogP) is 2.85. The lowest BCUT2D eigenvalue weighted by atomic mass is 10.2. The van der Waals surface area contributed by atoms with Gasteiger partial charge >= 0.3 is 0 Å². The number of rotatable bonds is 8. The van der Waals surface area contributed by atoms with E-state index in [9.17, 15) is 0 Å². The lowest BCUT2D eigenvalue weighted by Crippen LogP contribution is -2.37. The molecule has 1 aromatic rings. The summed E-state index contributed by atoms with van der Waals surface area (Å²) >= 11 is 0. The fourth-order valence-electron chi connectivity index (χ4n) is 2.82. The molecule has 1 saturated heterocycles. The van der Waals surface area contributed by atoms with Crippen LogP contribution in [0.1, 0.15) is 31.2 Å². The second-order valence-electron chi connectivity index (χ2n) is 5.96. The van der Waals surface area contributed by atoms with Gasteiger partial charge < -0.3 is 20.3 Å². The normalized spacial score (nSPS) is 15.0. The van der Waals surface area contributed by atoms with E-state index in [1.54, 1.807) is 7.11 Å². The summed E-state index contributed by atoms with van der Waals surface area (Å²) < 4.78 is 5.17. The molecule has 0 amide bonds. The SMILES string of the molecule is CN=C(NCCCCN1CCCC1)NCc1ccc(OC)cc1.I. The summed E-state index contributed by atoms with van der Waals surface area (Å²) in [6.07, 6.45) is 5.18. The van der Waals surface area contributed by atoms with Crippen LogP contribution in [0.4, 0.5) is 0 Å². The quantitative estimate of drug-likeness (QED) is 0.279. The van der Waals surface area contributed by atoms with Gasteiger partial charge in [-0.25, -0.2) is 0 Å². The van der Waals surface area contributed by atoms with Crippen molar-refractivity contribution >= 4 is 29.9 Å². The topological polar surface area (TPSA) is 48.9 Å². The molecule has 136 valence electrons. The van der Waals surface area contributed by atoms with Crippen molar-refractivity contribution in [2.24, 2.45) is 4.99 Å². The third-order valence-electron chi connectivity index (χ3n) is 4.23. The lowest BCUT2D eigenvalue weighted by molar-refractivity contribution is 0.330. The lowest BCUT2D eigenvalue weighted by Gasteiger charge is -2.15. The minimum Gasteiger partial charge on any atom is -0.497 e. The molecule has 0 bridgehead atoms. The number of likely N-dealkylation sites (tertiary alicyclic amines) is 1. The number of aliphatic imine (C=N–C) groups is 1. The Morgan fingerprint density at radius 1 is 1.12 bits per heavy atom. The first-order chi connectivity index (χ1) is 11.3. The number of hydrogen-bond donors (Lipinski definition) is 2. The van der Waals surface area contributed by atoms with Crippen LogP contribution in [0, 0.1) is 0 Å². The standard InChI is InChI=1S/C18H30N4O.HI/c1-19-18(20-11-3-4-12-22-13-5-6-14-22)21-15-16-7-9-17(23-2)10-8-16;/h7-10H,3-6,11-15H2,1-2H3,(H2,19,20,21);1H.